The topological polar surface area (TPSA) is 103 Å². The highest BCUT2D eigenvalue weighted by atomic mass is 32.2. The molecule has 1 saturated carbocycles. The number of esters is 1. The Morgan fingerprint density at radius 3 is 2.71 bits per heavy atom. The second-order valence-corrected chi connectivity index (χ2v) is 8.07. The van der Waals surface area contributed by atoms with Crippen molar-refractivity contribution in [2.24, 2.45) is 5.41 Å². The molecule has 1 fully saturated rings. The third kappa shape index (κ3) is 2.23. The van der Waals surface area contributed by atoms with Crippen LogP contribution in [0.15, 0.2) is 18.2 Å². The maximum absolute atomic E-state index is 12.4. The highest BCUT2D eigenvalue weighted by Crippen LogP contribution is 2.64. The zero-order valence-corrected chi connectivity index (χ0v) is 14.1. The fourth-order valence-electron chi connectivity index (χ4n) is 3.24. The summed E-state index contributed by atoms with van der Waals surface area (Å²) in [6, 6.07) is 6.86. The van der Waals surface area contributed by atoms with Crippen molar-refractivity contribution >= 4 is 15.8 Å². The number of ether oxygens (including phenoxy) is 3. The fraction of sp³-hybridized carbons (Fsp3) is 0.500. The summed E-state index contributed by atoms with van der Waals surface area (Å²) in [5.74, 6) is -0.699. The van der Waals surface area contributed by atoms with Crippen molar-refractivity contribution in [3.05, 3.63) is 23.8 Å². The van der Waals surface area contributed by atoms with Crippen molar-refractivity contribution in [1.82, 2.24) is 0 Å². The molecule has 1 aliphatic heterocycles. The lowest BCUT2D eigenvalue weighted by atomic mass is 10.0. The van der Waals surface area contributed by atoms with Crippen LogP contribution in [0.25, 0.3) is 0 Å². The quantitative estimate of drug-likeness (QED) is 0.739. The van der Waals surface area contributed by atoms with Gasteiger partial charge in [-0.25, -0.2) is 8.42 Å². The van der Waals surface area contributed by atoms with Gasteiger partial charge in [0.1, 0.15) is 5.25 Å². The lowest BCUT2D eigenvalue weighted by Gasteiger charge is -2.08. The van der Waals surface area contributed by atoms with E-state index in [1.165, 1.54) is 6.92 Å². The highest BCUT2D eigenvalue weighted by molar-refractivity contribution is 7.92. The third-order valence-electron chi connectivity index (χ3n) is 4.48. The van der Waals surface area contributed by atoms with Crippen LogP contribution in [-0.2, 0) is 19.4 Å². The lowest BCUT2D eigenvalue weighted by molar-refractivity contribution is -0.147. The molecule has 0 amide bonds. The summed E-state index contributed by atoms with van der Waals surface area (Å²) in [4.78, 5) is 12.4. The van der Waals surface area contributed by atoms with Gasteiger partial charge in [-0.1, -0.05) is 13.0 Å². The standard InChI is InChI=1S/C16H17NO6S/c1-3-21-15(18)16(8-17)13(14(16)24(19,20)4-2)10-5-6-11-12(7-10)23-9-22-11/h5-7,13-14H,3-4,9H2,1-2H3/t13-,14+,16-/m1/s1. The summed E-state index contributed by atoms with van der Waals surface area (Å²) in [6.07, 6.45) is 0. The smallest absolute Gasteiger partial charge is 0.328 e. The Morgan fingerprint density at radius 1 is 1.38 bits per heavy atom. The van der Waals surface area contributed by atoms with Crippen LogP contribution in [0.2, 0.25) is 0 Å². The molecule has 128 valence electrons. The van der Waals surface area contributed by atoms with E-state index in [1.54, 1.807) is 25.1 Å². The normalized spacial score (nSPS) is 27.4. The Morgan fingerprint density at radius 2 is 2.08 bits per heavy atom. The third-order valence-corrected chi connectivity index (χ3v) is 6.70. The predicted octanol–water partition coefficient (Wildman–Crippen LogP) is 1.39. The average molecular weight is 351 g/mol. The first-order chi connectivity index (χ1) is 11.4. The Bertz CT molecular complexity index is 827. The van der Waals surface area contributed by atoms with E-state index < -0.39 is 32.4 Å². The van der Waals surface area contributed by atoms with Crippen molar-refractivity contribution in [3.63, 3.8) is 0 Å². The lowest BCUT2D eigenvalue weighted by Crippen LogP contribution is -2.26. The Kier molecular flexibility index (Phi) is 3.92. The fourth-order valence-corrected chi connectivity index (χ4v) is 5.17. The van der Waals surface area contributed by atoms with Crippen molar-refractivity contribution in [2.45, 2.75) is 25.0 Å². The number of fused-ring (bicyclic) bond motifs is 1. The molecule has 8 heteroatoms. The largest absolute Gasteiger partial charge is 0.465 e. The second kappa shape index (κ2) is 5.67. The molecule has 3 atom stereocenters. The maximum Gasteiger partial charge on any atom is 0.328 e. The van der Waals surface area contributed by atoms with Crippen molar-refractivity contribution < 1.29 is 27.4 Å². The molecule has 1 aromatic carbocycles. The van der Waals surface area contributed by atoms with Crippen molar-refractivity contribution in [3.8, 4) is 17.6 Å². The van der Waals surface area contributed by atoms with Gasteiger partial charge in [0.2, 0.25) is 6.79 Å². The van der Waals surface area contributed by atoms with Crippen LogP contribution in [0.4, 0.5) is 0 Å². The molecule has 0 radical (unpaired) electrons. The number of carbonyl (C=O) groups excluding carboxylic acids is 1. The second-order valence-electron chi connectivity index (χ2n) is 5.66. The molecule has 0 N–H and O–H groups in total. The van der Waals surface area contributed by atoms with E-state index in [0.717, 1.165) is 0 Å². The maximum atomic E-state index is 12.4. The van der Waals surface area contributed by atoms with Crippen LogP contribution in [-0.4, -0.2) is 38.8 Å². The average Bonchev–Trinajstić information content (AvgIpc) is 3.07. The van der Waals surface area contributed by atoms with Gasteiger partial charge in [0.15, 0.2) is 26.8 Å². The number of nitriles is 1. The van der Waals surface area contributed by atoms with Crippen LogP contribution >= 0.6 is 0 Å². The van der Waals surface area contributed by atoms with Gasteiger partial charge in [-0.2, -0.15) is 5.26 Å². The SMILES string of the molecule is CCOC(=O)[C@]1(C#N)[C@H](c2ccc3c(c2)OCO3)[C@@H]1S(=O)(=O)CC. The Hall–Kier alpha value is -2.27. The summed E-state index contributed by atoms with van der Waals surface area (Å²) in [7, 11) is -3.61. The molecule has 2 aliphatic rings. The van der Waals surface area contributed by atoms with Gasteiger partial charge in [-0.3, -0.25) is 4.79 Å². The van der Waals surface area contributed by atoms with E-state index >= 15 is 0 Å². The number of rotatable bonds is 5. The summed E-state index contributed by atoms with van der Waals surface area (Å²) in [5.41, 5.74) is -1.16. The molecular weight excluding hydrogens is 334 g/mol. The monoisotopic (exact) mass is 351 g/mol. The van der Waals surface area contributed by atoms with Gasteiger partial charge in [0, 0.05) is 11.7 Å². The van der Waals surface area contributed by atoms with E-state index in [9.17, 15) is 18.5 Å². The minimum Gasteiger partial charge on any atom is -0.465 e. The molecule has 7 nitrogen and oxygen atoms in total. The molecule has 0 spiro atoms. The number of sulfone groups is 1. The van der Waals surface area contributed by atoms with Crippen LogP contribution in [0.1, 0.15) is 25.3 Å². The molecule has 3 rings (SSSR count). The summed E-state index contributed by atoms with van der Waals surface area (Å²) < 4.78 is 40.4. The molecule has 24 heavy (non-hydrogen) atoms. The minimum absolute atomic E-state index is 0.0784. The highest BCUT2D eigenvalue weighted by Gasteiger charge is 2.77. The number of hydrogen-bond donors (Lipinski definition) is 0. The van der Waals surface area contributed by atoms with Crippen LogP contribution < -0.4 is 9.47 Å². The summed E-state index contributed by atoms with van der Waals surface area (Å²) in [5, 5.41) is 8.53. The zero-order chi connectivity index (χ0) is 17.5. The van der Waals surface area contributed by atoms with Crippen molar-refractivity contribution in [1.29, 1.82) is 5.26 Å². The van der Waals surface area contributed by atoms with Crippen LogP contribution in [0.3, 0.4) is 0 Å². The molecule has 0 saturated heterocycles. The molecule has 0 bridgehead atoms. The molecule has 1 heterocycles. The van der Waals surface area contributed by atoms with E-state index in [0.29, 0.717) is 17.1 Å². The van der Waals surface area contributed by atoms with Gasteiger partial charge in [0.25, 0.3) is 0 Å². The van der Waals surface area contributed by atoms with E-state index in [1.807, 2.05) is 6.07 Å². The summed E-state index contributed by atoms with van der Waals surface area (Å²) in [6.45, 7) is 3.28. The molecular formula is C16H17NO6S. The van der Waals surface area contributed by atoms with Crippen LogP contribution in [0.5, 0.6) is 11.5 Å². The summed E-state index contributed by atoms with van der Waals surface area (Å²) >= 11 is 0. The Labute approximate surface area is 140 Å². The van der Waals surface area contributed by atoms with E-state index in [4.69, 9.17) is 14.2 Å². The zero-order valence-electron chi connectivity index (χ0n) is 13.3. The van der Waals surface area contributed by atoms with Gasteiger partial charge in [0.05, 0.1) is 12.7 Å². The first-order valence-electron chi connectivity index (χ1n) is 7.62. The number of carbonyl (C=O) groups is 1. The van der Waals surface area contributed by atoms with Gasteiger partial charge < -0.3 is 14.2 Å². The van der Waals surface area contributed by atoms with Gasteiger partial charge >= 0.3 is 5.97 Å². The van der Waals surface area contributed by atoms with E-state index in [-0.39, 0.29) is 19.2 Å². The van der Waals surface area contributed by atoms with Crippen molar-refractivity contribution in [2.75, 3.05) is 19.2 Å². The molecule has 1 aromatic rings. The van der Waals surface area contributed by atoms with Gasteiger partial charge in [-0.05, 0) is 24.6 Å². The number of nitrogens with zero attached hydrogens (tertiary/aromatic N) is 1. The molecule has 1 aliphatic carbocycles. The first kappa shape index (κ1) is 16.6. The molecule has 0 unspecified atom stereocenters. The van der Waals surface area contributed by atoms with E-state index in [2.05, 4.69) is 0 Å². The first-order valence-corrected chi connectivity index (χ1v) is 9.33. The van der Waals surface area contributed by atoms with Gasteiger partial charge in [-0.15, -0.1) is 0 Å². The minimum atomic E-state index is -3.61. The van der Waals surface area contributed by atoms with Crippen LogP contribution in [0, 0.1) is 16.7 Å². The molecule has 0 aromatic heterocycles. The number of hydrogen-bond acceptors (Lipinski definition) is 7. The predicted molar refractivity (Wildman–Crippen MR) is 83.2 cm³/mol. The Balaban J connectivity index is 2.07. The number of benzene rings is 1.